The zero-order valence-electron chi connectivity index (χ0n) is 15.4. The van der Waals surface area contributed by atoms with E-state index in [2.05, 4.69) is 5.32 Å². The van der Waals surface area contributed by atoms with Crippen molar-refractivity contribution in [2.24, 2.45) is 0 Å². The van der Waals surface area contributed by atoms with Gasteiger partial charge in [0.25, 0.3) is 0 Å². The van der Waals surface area contributed by atoms with Crippen molar-refractivity contribution in [3.05, 3.63) is 54.1 Å². The maximum atomic E-state index is 11.3. The molecular formula is C21H24N2O4. The van der Waals surface area contributed by atoms with Gasteiger partial charge in [-0.2, -0.15) is 5.26 Å². The molecule has 0 unspecified atom stereocenters. The molecule has 27 heavy (non-hydrogen) atoms. The lowest BCUT2D eigenvalue weighted by molar-refractivity contribution is -0.120. The minimum absolute atomic E-state index is 0.116. The van der Waals surface area contributed by atoms with E-state index >= 15 is 0 Å². The van der Waals surface area contributed by atoms with Gasteiger partial charge in [-0.05, 0) is 43.2 Å². The largest absolute Gasteiger partial charge is 0.490 e. The Hall–Kier alpha value is -3.20. The van der Waals surface area contributed by atoms with Crippen LogP contribution in [0.25, 0.3) is 0 Å². The van der Waals surface area contributed by atoms with Gasteiger partial charge in [0.05, 0.1) is 12.7 Å². The third-order valence-electron chi connectivity index (χ3n) is 3.63. The molecule has 0 saturated carbocycles. The summed E-state index contributed by atoms with van der Waals surface area (Å²) in [7, 11) is 0. The van der Waals surface area contributed by atoms with Crippen LogP contribution in [-0.2, 0) is 11.2 Å². The Labute approximate surface area is 159 Å². The maximum Gasteiger partial charge on any atom is 0.234 e. The van der Waals surface area contributed by atoms with Gasteiger partial charge in [-0.1, -0.05) is 24.3 Å². The number of nitrogens with one attached hydrogen (secondary N) is 1. The van der Waals surface area contributed by atoms with Gasteiger partial charge in [0.1, 0.15) is 25.4 Å². The summed E-state index contributed by atoms with van der Waals surface area (Å²) in [6.45, 7) is 3.81. The van der Waals surface area contributed by atoms with Gasteiger partial charge >= 0.3 is 0 Å². The standard InChI is InChI=1S/C21H24N2O4/c1-2-25-19-8-3-4-9-20(19)27-15-14-26-18-7-5-6-17(16-18)11-13-23-21(24)10-12-22/h3-9,16H,2,10-11,13-15H2,1H3,(H,23,24). The summed E-state index contributed by atoms with van der Waals surface area (Å²) in [6.07, 6.45) is 0.558. The molecule has 0 spiro atoms. The molecule has 0 bridgehead atoms. The normalized spacial score (nSPS) is 9.93. The van der Waals surface area contributed by atoms with E-state index < -0.39 is 0 Å². The van der Waals surface area contributed by atoms with Crippen LogP contribution in [0.5, 0.6) is 17.2 Å². The van der Waals surface area contributed by atoms with E-state index in [1.54, 1.807) is 0 Å². The fraction of sp³-hybridized carbons (Fsp3) is 0.333. The summed E-state index contributed by atoms with van der Waals surface area (Å²) >= 11 is 0. The van der Waals surface area contributed by atoms with Crippen molar-refractivity contribution in [3.63, 3.8) is 0 Å². The van der Waals surface area contributed by atoms with Crippen molar-refractivity contribution in [3.8, 4) is 23.3 Å². The quantitative estimate of drug-likeness (QED) is 0.617. The number of ether oxygens (including phenoxy) is 3. The van der Waals surface area contributed by atoms with Crippen LogP contribution < -0.4 is 19.5 Å². The number of amides is 1. The predicted octanol–water partition coefficient (Wildman–Crippen LogP) is 3.12. The van der Waals surface area contributed by atoms with Crippen LogP contribution in [0.3, 0.4) is 0 Å². The first-order valence-corrected chi connectivity index (χ1v) is 8.93. The second kappa shape index (κ2) is 11.4. The number of rotatable bonds is 11. The summed E-state index contributed by atoms with van der Waals surface area (Å²) in [5.41, 5.74) is 1.05. The highest BCUT2D eigenvalue weighted by Crippen LogP contribution is 2.26. The highest BCUT2D eigenvalue weighted by Gasteiger charge is 2.04. The topological polar surface area (TPSA) is 80.6 Å². The lowest BCUT2D eigenvalue weighted by atomic mass is 10.1. The van der Waals surface area contributed by atoms with E-state index in [0.717, 1.165) is 17.1 Å². The molecular weight excluding hydrogens is 344 g/mol. The Morgan fingerprint density at radius 3 is 2.52 bits per heavy atom. The van der Waals surface area contributed by atoms with E-state index in [0.29, 0.717) is 38.5 Å². The molecule has 2 aromatic carbocycles. The summed E-state index contributed by atoms with van der Waals surface area (Å²) in [5.74, 6) is 1.91. The molecule has 2 aromatic rings. The van der Waals surface area contributed by atoms with Crippen LogP contribution in [0.15, 0.2) is 48.5 Å². The van der Waals surface area contributed by atoms with Gasteiger partial charge in [-0.3, -0.25) is 4.79 Å². The molecule has 0 heterocycles. The molecule has 0 aliphatic carbocycles. The minimum Gasteiger partial charge on any atom is -0.490 e. The Kier molecular flexibility index (Phi) is 8.51. The van der Waals surface area contributed by atoms with Crippen LogP contribution in [0, 0.1) is 11.3 Å². The van der Waals surface area contributed by atoms with Gasteiger partial charge in [-0.25, -0.2) is 0 Å². The molecule has 2 rings (SSSR count). The Morgan fingerprint density at radius 1 is 1.04 bits per heavy atom. The molecule has 0 saturated heterocycles. The molecule has 1 N–H and O–H groups in total. The highest BCUT2D eigenvalue weighted by molar-refractivity contribution is 5.77. The second-order valence-corrected chi connectivity index (χ2v) is 5.66. The van der Waals surface area contributed by atoms with Crippen LogP contribution in [0.2, 0.25) is 0 Å². The molecule has 1 amide bonds. The van der Waals surface area contributed by atoms with E-state index in [4.69, 9.17) is 19.5 Å². The fourth-order valence-corrected chi connectivity index (χ4v) is 2.43. The third-order valence-corrected chi connectivity index (χ3v) is 3.63. The second-order valence-electron chi connectivity index (χ2n) is 5.66. The van der Waals surface area contributed by atoms with Gasteiger partial charge in [0.15, 0.2) is 11.5 Å². The fourth-order valence-electron chi connectivity index (χ4n) is 2.43. The van der Waals surface area contributed by atoms with Crippen molar-refractivity contribution < 1.29 is 19.0 Å². The van der Waals surface area contributed by atoms with Crippen molar-refractivity contribution >= 4 is 5.91 Å². The molecule has 6 heteroatoms. The van der Waals surface area contributed by atoms with E-state index in [9.17, 15) is 4.79 Å². The molecule has 142 valence electrons. The highest BCUT2D eigenvalue weighted by atomic mass is 16.5. The summed E-state index contributed by atoms with van der Waals surface area (Å²) in [5, 5.41) is 11.2. The van der Waals surface area contributed by atoms with Crippen LogP contribution in [-0.4, -0.2) is 32.3 Å². The number of hydrogen-bond donors (Lipinski definition) is 1. The van der Waals surface area contributed by atoms with Gasteiger partial charge in [0, 0.05) is 6.54 Å². The number of benzene rings is 2. The summed E-state index contributed by atoms with van der Waals surface area (Å²) < 4.78 is 17.0. The zero-order chi connectivity index (χ0) is 19.3. The van der Waals surface area contributed by atoms with E-state index in [1.165, 1.54) is 0 Å². The van der Waals surface area contributed by atoms with Crippen molar-refractivity contribution in [2.75, 3.05) is 26.4 Å². The van der Waals surface area contributed by atoms with Crippen LogP contribution in [0.1, 0.15) is 18.9 Å². The lowest BCUT2D eigenvalue weighted by Crippen LogP contribution is -2.24. The number of para-hydroxylation sites is 2. The average molecular weight is 368 g/mol. The lowest BCUT2D eigenvalue weighted by Gasteiger charge is -2.12. The van der Waals surface area contributed by atoms with Gasteiger partial charge < -0.3 is 19.5 Å². The van der Waals surface area contributed by atoms with Gasteiger partial charge in [-0.15, -0.1) is 0 Å². The first-order chi connectivity index (χ1) is 13.2. The number of carbonyl (C=O) groups excluding carboxylic acids is 1. The van der Waals surface area contributed by atoms with E-state index in [-0.39, 0.29) is 12.3 Å². The Bertz CT molecular complexity index is 771. The molecule has 0 aromatic heterocycles. The SMILES string of the molecule is CCOc1ccccc1OCCOc1cccc(CCNC(=O)CC#N)c1. The van der Waals surface area contributed by atoms with Crippen molar-refractivity contribution in [2.45, 2.75) is 19.8 Å². The predicted molar refractivity (Wildman–Crippen MR) is 102 cm³/mol. The molecule has 0 fully saturated rings. The smallest absolute Gasteiger partial charge is 0.234 e. The minimum atomic E-state index is -0.255. The Balaban J connectivity index is 1.75. The van der Waals surface area contributed by atoms with Crippen molar-refractivity contribution in [1.82, 2.24) is 5.32 Å². The van der Waals surface area contributed by atoms with Crippen LogP contribution in [0.4, 0.5) is 0 Å². The maximum absolute atomic E-state index is 11.3. The van der Waals surface area contributed by atoms with E-state index in [1.807, 2.05) is 61.5 Å². The molecule has 0 radical (unpaired) electrons. The average Bonchev–Trinajstić information content (AvgIpc) is 2.67. The van der Waals surface area contributed by atoms with Gasteiger partial charge in [0.2, 0.25) is 5.91 Å². The summed E-state index contributed by atoms with van der Waals surface area (Å²) in [6, 6.07) is 17.1. The number of carbonyl (C=O) groups is 1. The molecule has 0 atom stereocenters. The van der Waals surface area contributed by atoms with Crippen LogP contribution >= 0.6 is 0 Å². The Morgan fingerprint density at radius 2 is 1.78 bits per heavy atom. The zero-order valence-corrected chi connectivity index (χ0v) is 15.4. The first-order valence-electron chi connectivity index (χ1n) is 8.93. The number of hydrogen-bond acceptors (Lipinski definition) is 5. The summed E-state index contributed by atoms with van der Waals surface area (Å²) in [4.78, 5) is 11.3. The van der Waals surface area contributed by atoms with Crippen molar-refractivity contribution in [1.29, 1.82) is 5.26 Å². The first kappa shape index (κ1) is 20.1. The molecule has 0 aliphatic rings. The number of nitrogens with zero attached hydrogens (tertiary/aromatic N) is 1. The third kappa shape index (κ3) is 7.28. The molecule has 0 aliphatic heterocycles. The monoisotopic (exact) mass is 368 g/mol. The molecule has 6 nitrogen and oxygen atoms in total. The number of nitriles is 1.